The number of nitrogens with zero attached hydrogens (tertiary/aromatic N) is 5. The van der Waals surface area contributed by atoms with Crippen LogP contribution in [0.5, 0.6) is 11.5 Å². The van der Waals surface area contributed by atoms with Gasteiger partial charge in [-0.1, -0.05) is 19.9 Å². The molecule has 13 heteroatoms. The summed E-state index contributed by atoms with van der Waals surface area (Å²) in [5.74, 6) is -3.14. The van der Waals surface area contributed by atoms with E-state index in [4.69, 9.17) is 0 Å². The van der Waals surface area contributed by atoms with Gasteiger partial charge in [-0.15, -0.1) is 10.2 Å². The third kappa shape index (κ3) is 6.48. The number of nitrogens with one attached hydrogen (secondary N) is 1. The highest BCUT2D eigenvalue weighted by molar-refractivity contribution is 5.92. The lowest BCUT2D eigenvalue weighted by Crippen LogP contribution is -2.44. The Morgan fingerprint density at radius 3 is 2.36 bits per heavy atom. The predicted molar refractivity (Wildman–Crippen MR) is 135 cm³/mol. The largest absolute Gasteiger partial charge is 0.508 e. The third-order valence-electron chi connectivity index (χ3n) is 6.61. The second kappa shape index (κ2) is 11.2. The highest BCUT2D eigenvalue weighted by Gasteiger charge is 2.31. The predicted octanol–water partition coefficient (Wildman–Crippen LogP) is 3.65. The maximum Gasteiger partial charge on any atom is 0.405 e. The van der Waals surface area contributed by atoms with Gasteiger partial charge in [-0.25, -0.2) is 4.39 Å². The number of amides is 1. The molecule has 1 aliphatic heterocycles. The van der Waals surface area contributed by atoms with Gasteiger partial charge in [0.15, 0.2) is 5.82 Å². The summed E-state index contributed by atoms with van der Waals surface area (Å²) in [6.45, 7) is 5.64. The van der Waals surface area contributed by atoms with Gasteiger partial charge in [0.1, 0.15) is 23.9 Å². The number of hydrogen-bond donors (Lipinski definition) is 3. The van der Waals surface area contributed by atoms with Gasteiger partial charge in [0, 0.05) is 44.4 Å². The molecule has 1 saturated heterocycles. The van der Waals surface area contributed by atoms with Crippen molar-refractivity contribution >= 4 is 5.91 Å². The number of halogens is 4. The number of alkyl halides is 3. The topological polar surface area (TPSA) is 107 Å². The van der Waals surface area contributed by atoms with E-state index in [2.05, 4.69) is 20.0 Å². The van der Waals surface area contributed by atoms with Crippen LogP contribution in [0.25, 0.3) is 17.1 Å². The van der Waals surface area contributed by atoms with E-state index in [0.29, 0.717) is 17.7 Å². The molecular weight excluding hydrogens is 520 g/mol. The summed E-state index contributed by atoms with van der Waals surface area (Å²) in [6.07, 6.45) is -4.66. The number of aromatic hydroxyl groups is 2. The number of phenolic OH excluding ortho intramolecular Hbond substituents is 2. The molecule has 1 fully saturated rings. The van der Waals surface area contributed by atoms with Gasteiger partial charge < -0.3 is 20.4 Å². The number of aromatic nitrogens is 3. The Morgan fingerprint density at radius 1 is 1.05 bits per heavy atom. The summed E-state index contributed by atoms with van der Waals surface area (Å²) in [5, 5.41) is 30.4. The van der Waals surface area contributed by atoms with Crippen LogP contribution in [0.2, 0.25) is 0 Å². The van der Waals surface area contributed by atoms with Crippen molar-refractivity contribution in [2.75, 3.05) is 39.8 Å². The van der Waals surface area contributed by atoms with Crippen molar-refractivity contribution in [1.82, 2.24) is 29.9 Å². The van der Waals surface area contributed by atoms with Crippen molar-refractivity contribution in [3.63, 3.8) is 0 Å². The van der Waals surface area contributed by atoms with Crippen molar-refractivity contribution in [2.45, 2.75) is 32.5 Å². The van der Waals surface area contributed by atoms with Gasteiger partial charge in [0.2, 0.25) is 5.82 Å². The molecular formula is C26H30F4N6O3. The first-order chi connectivity index (χ1) is 18.3. The molecule has 210 valence electrons. The second-order valence-electron chi connectivity index (χ2n) is 9.92. The lowest BCUT2D eigenvalue weighted by molar-refractivity contribution is -0.123. The molecule has 0 bridgehead atoms. The average Bonchev–Trinajstić information content (AvgIpc) is 3.29. The summed E-state index contributed by atoms with van der Waals surface area (Å²) in [7, 11) is 2.02. The minimum Gasteiger partial charge on any atom is -0.508 e. The van der Waals surface area contributed by atoms with E-state index >= 15 is 4.39 Å². The molecule has 2 heterocycles. The number of likely N-dealkylation sites (N-methyl/N-ethyl adjacent to an activating group) is 1. The van der Waals surface area contributed by atoms with Crippen LogP contribution < -0.4 is 5.32 Å². The summed E-state index contributed by atoms with van der Waals surface area (Å²) >= 11 is 0. The van der Waals surface area contributed by atoms with Crippen molar-refractivity contribution in [3.05, 3.63) is 53.1 Å². The molecule has 0 aliphatic carbocycles. The van der Waals surface area contributed by atoms with E-state index in [9.17, 15) is 28.2 Å². The summed E-state index contributed by atoms with van der Waals surface area (Å²) in [5.41, 5.74) is 0.996. The Hall–Kier alpha value is -3.71. The fourth-order valence-electron chi connectivity index (χ4n) is 4.40. The van der Waals surface area contributed by atoms with Crippen LogP contribution in [0.3, 0.4) is 0 Å². The number of piperazine rings is 1. The molecule has 1 amide bonds. The van der Waals surface area contributed by atoms with Crippen LogP contribution in [0.1, 0.15) is 41.5 Å². The molecule has 1 aromatic heterocycles. The van der Waals surface area contributed by atoms with Gasteiger partial charge in [-0.05, 0) is 36.7 Å². The van der Waals surface area contributed by atoms with Crippen molar-refractivity contribution in [3.8, 4) is 28.6 Å². The van der Waals surface area contributed by atoms with E-state index in [1.54, 1.807) is 11.4 Å². The van der Waals surface area contributed by atoms with Gasteiger partial charge in [-0.3, -0.25) is 14.3 Å². The Balaban J connectivity index is 1.77. The molecule has 2 aromatic carbocycles. The van der Waals surface area contributed by atoms with Gasteiger partial charge >= 0.3 is 6.18 Å². The summed E-state index contributed by atoms with van der Waals surface area (Å²) < 4.78 is 54.7. The summed E-state index contributed by atoms with van der Waals surface area (Å²) in [4.78, 5) is 17.0. The maximum atomic E-state index is 15.3. The minimum atomic E-state index is -4.66. The Morgan fingerprint density at radius 2 is 1.74 bits per heavy atom. The van der Waals surface area contributed by atoms with Crippen molar-refractivity contribution < 1.29 is 32.6 Å². The lowest BCUT2D eigenvalue weighted by Gasteiger charge is -2.32. The highest BCUT2D eigenvalue weighted by Crippen LogP contribution is 2.38. The number of rotatable bonds is 7. The maximum absolute atomic E-state index is 15.3. The van der Waals surface area contributed by atoms with Crippen LogP contribution in [0.15, 0.2) is 30.3 Å². The van der Waals surface area contributed by atoms with E-state index in [0.717, 1.165) is 42.9 Å². The molecule has 0 unspecified atom stereocenters. The number of carbonyl (C=O) groups excluding carboxylic acids is 1. The van der Waals surface area contributed by atoms with Crippen LogP contribution in [-0.2, 0) is 6.54 Å². The quantitative estimate of drug-likeness (QED) is 0.386. The molecule has 0 spiro atoms. The second-order valence-corrected chi connectivity index (χ2v) is 9.92. The first kappa shape index (κ1) is 28.3. The van der Waals surface area contributed by atoms with Gasteiger partial charge in [-0.2, -0.15) is 13.2 Å². The van der Waals surface area contributed by atoms with Crippen LogP contribution in [0, 0.1) is 5.82 Å². The van der Waals surface area contributed by atoms with E-state index in [1.807, 2.05) is 20.9 Å². The molecule has 9 nitrogen and oxygen atoms in total. The standard InChI is InChI=1S/C26H30F4N6O3/c1-15(2)18-11-19(22(38)12-21(18)37)23-32-33-24(25(39)31-14-26(28,29)30)36(23)17-5-4-16(20(27)10-17)13-35-8-6-34(3)7-9-35/h4-5,10-12,15,37-38H,6-9,13-14H2,1-3H3,(H,31,39). The van der Waals surface area contributed by atoms with Crippen LogP contribution in [-0.4, -0.2) is 86.6 Å². The first-order valence-corrected chi connectivity index (χ1v) is 12.4. The normalized spacial score (nSPS) is 15.2. The van der Waals surface area contributed by atoms with E-state index in [-0.39, 0.29) is 28.7 Å². The Kier molecular flexibility index (Phi) is 8.12. The zero-order valence-electron chi connectivity index (χ0n) is 21.8. The minimum absolute atomic E-state index is 0.0563. The van der Waals surface area contributed by atoms with Crippen molar-refractivity contribution in [2.24, 2.45) is 0 Å². The zero-order valence-corrected chi connectivity index (χ0v) is 21.8. The molecule has 39 heavy (non-hydrogen) atoms. The molecule has 0 saturated carbocycles. The third-order valence-corrected chi connectivity index (χ3v) is 6.61. The molecule has 0 radical (unpaired) electrons. The Bertz CT molecular complexity index is 1350. The van der Waals surface area contributed by atoms with E-state index < -0.39 is 36.0 Å². The lowest BCUT2D eigenvalue weighted by atomic mass is 9.98. The SMILES string of the molecule is CC(C)c1cc(-c2nnc(C(=O)NCC(F)(F)F)n2-c2ccc(CN3CCN(C)CC3)c(F)c2)c(O)cc1O. The summed E-state index contributed by atoms with van der Waals surface area (Å²) in [6, 6.07) is 6.76. The fraction of sp³-hybridized carbons (Fsp3) is 0.423. The first-order valence-electron chi connectivity index (χ1n) is 12.4. The molecule has 4 rings (SSSR count). The number of benzene rings is 2. The Labute approximate surface area is 222 Å². The van der Waals surface area contributed by atoms with Gasteiger partial charge in [0.05, 0.1) is 11.3 Å². The van der Waals surface area contributed by atoms with Crippen LogP contribution >= 0.6 is 0 Å². The average molecular weight is 551 g/mol. The zero-order chi connectivity index (χ0) is 28.5. The highest BCUT2D eigenvalue weighted by atomic mass is 19.4. The van der Waals surface area contributed by atoms with Crippen LogP contribution in [0.4, 0.5) is 17.6 Å². The molecule has 1 aliphatic rings. The number of phenols is 2. The number of hydrogen-bond acceptors (Lipinski definition) is 7. The van der Waals surface area contributed by atoms with E-state index in [1.165, 1.54) is 12.1 Å². The van der Waals surface area contributed by atoms with Gasteiger partial charge in [0.25, 0.3) is 5.91 Å². The smallest absolute Gasteiger partial charge is 0.405 e. The van der Waals surface area contributed by atoms with Crippen molar-refractivity contribution in [1.29, 1.82) is 0 Å². The molecule has 0 atom stereocenters. The molecule has 3 aromatic rings. The molecule has 3 N–H and O–H groups in total. The number of carbonyl (C=O) groups is 1. The monoisotopic (exact) mass is 550 g/mol. The fourth-order valence-corrected chi connectivity index (χ4v) is 4.40.